The number of allylic oxidation sites excluding steroid dienone is 1. The minimum absolute atomic E-state index is 0.360. The molecule has 0 saturated heterocycles. The first kappa shape index (κ1) is 14.5. The summed E-state index contributed by atoms with van der Waals surface area (Å²) in [5.74, 6) is 0.360. The Balaban J connectivity index is 2.12. The molecular weight excluding hydrogens is 242 g/mol. The van der Waals surface area contributed by atoms with Crippen LogP contribution in [0.25, 0.3) is 6.08 Å². The lowest BCUT2D eigenvalue weighted by atomic mass is 9.94. The van der Waals surface area contributed by atoms with Crippen molar-refractivity contribution >= 4 is 6.08 Å². The van der Waals surface area contributed by atoms with Crippen LogP contribution in [0, 0.1) is 6.54 Å². The summed E-state index contributed by atoms with van der Waals surface area (Å²) in [4.78, 5) is 1.99. The monoisotopic (exact) mass is 263 g/mol. The molecule has 1 nitrogen and oxygen atoms in total. The normalized spacial score (nSPS) is 12.9. The van der Waals surface area contributed by atoms with E-state index in [-0.39, 0.29) is 0 Å². The lowest BCUT2D eigenvalue weighted by Crippen LogP contribution is -2.09. The quantitative estimate of drug-likeness (QED) is 0.695. The molecule has 1 unspecified atom stereocenters. The fraction of sp³-hybridized carbons (Fsp3) is 0.211. The first-order chi connectivity index (χ1) is 9.75. The second kappa shape index (κ2) is 7.66. The largest absolute Gasteiger partial charge is 0.300 e. The summed E-state index contributed by atoms with van der Waals surface area (Å²) in [6.07, 6.45) is 5.34. The van der Waals surface area contributed by atoms with Crippen LogP contribution in [0.2, 0.25) is 0 Å². The van der Waals surface area contributed by atoms with E-state index in [4.69, 9.17) is 0 Å². The highest BCUT2D eigenvalue weighted by atomic mass is 15.0. The van der Waals surface area contributed by atoms with Crippen molar-refractivity contribution in [2.45, 2.75) is 12.3 Å². The summed E-state index contributed by atoms with van der Waals surface area (Å²) in [5, 5.41) is 0. The Bertz CT molecular complexity index is 514. The van der Waals surface area contributed by atoms with E-state index >= 15 is 0 Å². The summed E-state index contributed by atoms with van der Waals surface area (Å²) >= 11 is 0. The lowest BCUT2D eigenvalue weighted by molar-refractivity contribution is 0.468. The molecule has 0 spiro atoms. The maximum Gasteiger partial charge on any atom is 0.0619 e. The third-order valence-corrected chi connectivity index (χ3v) is 3.18. The number of hydrogen-bond donors (Lipinski definition) is 0. The number of nitrogens with zero attached hydrogens (tertiary/aromatic N) is 1. The molecule has 2 aromatic rings. The standard InChI is InChI=1S/C19H21N/c1-20(2)16-15-19(18-11-7-4-8-12-18)14-13-17-9-5-3-6-10-17/h3-14,19H,15H2,1-2H3/b14-13+. The third kappa shape index (κ3) is 4.67. The second-order valence-corrected chi connectivity index (χ2v) is 5.04. The summed E-state index contributed by atoms with van der Waals surface area (Å²) in [5.41, 5.74) is 2.56. The molecule has 1 heteroatoms. The van der Waals surface area contributed by atoms with Gasteiger partial charge in [-0.05, 0) is 31.6 Å². The van der Waals surface area contributed by atoms with E-state index in [1.807, 2.05) is 25.1 Å². The molecule has 0 aromatic heterocycles. The highest BCUT2D eigenvalue weighted by Gasteiger charge is 2.08. The Hall–Kier alpha value is -1.86. The zero-order valence-corrected chi connectivity index (χ0v) is 12.2. The molecule has 0 fully saturated rings. The van der Waals surface area contributed by atoms with Gasteiger partial charge in [0, 0.05) is 5.92 Å². The van der Waals surface area contributed by atoms with Gasteiger partial charge in [0.15, 0.2) is 0 Å². The van der Waals surface area contributed by atoms with Crippen molar-refractivity contribution in [3.05, 3.63) is 84.4 Å². The van der Waals surface area contributed by atoms with E-state index in [9.17, 15) is 0 Å². The molecular formula is C19H21N. The average Bonchev–Trinajstić information content (AvgIpc) is 2.49. The number of hydrogen-bond acceptors (Lipinski definition) is 1. The van der Waals surface area contributed by atoms with Gasteiger partial charge in [-0.3, -0.25) is 0 Å². The van der Waals surface area contributed by atoms with E-state index in [1.54, 1.807) is 0 Å². The lowest BCUT2D eigenvalue weighted by Gasteiger charge is -2.15. The van der Waals surface area contributed by atoms with Crippen molar-refractivity contribution in [1.82, 2.24) is 4.90 Å². The van der Waals surface area contributed by atoms with Gasteiger partial charge in [-0.15, -0.1) is 0 Å². The number of rotatable bonds is 6. The highest BCUT2D eigenvalue weighted by molar-refractivity contribution is 5.50. The van der Waals surface area contributed by atoms with Crippen LogP contribution in [0.5, 0.6) is 0 Å². The van der Waals surface area contributed by atoms with Crippen molar-refractivity contribution in [2.75, 3.05) is 14.1 Å². The SMILES string of the molecule is CN(C)[C]CC(/C=C/c1ccccc1)c1ccccc1. The first-order valence-corrected chi connectivity index (χ1v) is 6.95. The Morgan fingerprint density at radius 3 is 2.15 bits per heavy atom. The molecule has 0 saturated carbocycles. The molecule has 2 radical (unpaired) electrons. The predicted octanol–water partition coefficient (Wildman–Crippen LogP) is 4.47. The molecule has 0 amide bonds. The van der Waals surface area contributed by atoms with Crippen LogP contribution in [0.4, 0.5) is 0 Å². The minimum Gasteiger partial charge on any atom is -0.300 e. The summed E-state index contributed by atoms with van der Waals surface area (Å²) in [6, 6.07) is 21.0. The summed E-state index contributed by atoms with van der Waals surface area (Å²) < 4.78 is 0. The Labute approximate surface area is 122 Å². The van der Waals surface area contributed by atoms with Gasteiger partial charge >= 0.3 is 0 Å². The Kier molecular flexibility index (Phi) is 5.57. The van der Waals surface area contributed by atoms with Crippen LogP contribution in [-0.4, -0.2) is 19.0 Å². The molecule has 0 heterocycles. The van der Waals surface area contributed by atoms with E-state index in [2.05, 4.69) is 73.3 Å². The topological polar surface area (TPSA) is 3.24 Å². The summed E-state index contributed by atoms with van der Waals surface area (Å²) in [6.45, 7) is 3.36. The third-order valence-electron chi connectivity index (χ3n) is 3.18. The van der Waals surface area contributed by atoms with Gasteiger partial charge in [-0.2, -0.15) is 0 Å². The fourth-order valence-electron chi connectivity index (χ4n) is 2.07. The summed E-state index contributed by atoms with van der Waals surface area (Å²) in [7, 11) is 4.03. The average molecular weight is 263 g/mol. The van der Waals surface area contributed by atoms with Crippen molar-refractivity contribution in [2.24, 2.45) is 0 Å². The van der Waals surface area contributed by atoms with Crippen LogP contribution >= 0.6 is 0 Å². The van der Waals surface area contributed by atoms with Gasteiger partial charge < -0.3 is 4.90 Å². The minimum atomic E-state index is 0.360. The van der Waals surface area contributed by atoms with Crippen LogP contribution in [0.3, 0.4) is 0 Å². The second-order valence-electron chi connectivity index (χ2n) is 5.04. The Morgan fingerprint density at radius 1 is 0.950 bits per heavy atom. The zero-order valence-electron chi connectivity index (χ0n) is 12.2. The molecule has 2 aromatic carbocycles. The molecule has 20 heavy (non-hydrogen) atoms. The van der Waals surface area contributed by atoms with E-state index in [0.717, 1.165) is 6.42 Å². The van der Waals surface area contributed by atoms with Gasteiger partial charge in [-0.25, -0.2) is 0 Å². The van der Waals surface area contributed by atoms with Gasteiger partial charge in [0.1, 0.15) is 0 Å². The van der Waals surface area contributed by atoms with Gasteiger partial charge in [-0.1, -0.05) is 72.8 Å². The highest BCUT2D eigenvalue weighted by Crippen LogP contribution is 2.23. The van der Waals surface area contributed by atoms with E-state index in [0.29, 0.717) is 5.92 Å². The molecule has 1 atom stereocenters. The van der Waals surface area contributed by atoms with Gasteiger partial charge in [0.2, 0.25) is 0 Å². The maximum atomic E-state index is 3.36. The zero-order chi connectivity index (χ0) is 14.2. The Morgan fingerprint density at radius 2 is 1.55 bits per heavy atom. The van der Waals surface area contributed by atoms with Gasteiger partial charge in [0.05, 0.1) is 6.54 Å². The van der Waals surface area contributed by atoms with Crippen molar-refractivity contribution in [1.29, 1.82) is 0 Å². The van der Waals surface area contributed by atoms with Crippen molar-refractivity contribution in [3.8, 4) is 0 Å². The predicted molar refractivity (Wildman–Crippen MR) is 86.2 cm³/mol. The van der Waals surface area contributed by atoms with Crippen LogP contribution < -0.4 is 0 Å². The molecule has 0 aliphatic rings. The molecule has 0 N–H and O–H groups in total. The van der Waals surface area contributed by atoms with Crippen LogP contribution in [-0.2, 0) is 0 Å². The molecule has 0 bridgehead atoms. The fourth-order valence-corrected chi connectivity index (χ4v) is 2.07. The van der Waals surface area contributed by atoms with Crippen LogP contribution in [0.15, 0.2) is 66.7 Å². The van der Waals surface area contributed by atoms with Crippen molar-refractivity contribution < 1.29 is 0 Å². The van der Waals surface area contributed by atoms with Crippen molar-refractivity contribution in [3.63, 3.8) is 0 Å². The smallest absolute Gasteiger partial charge is 0.0619 e. The van der Waals surface area contributed by atoms with Crippen LogP contribution in [0.1, 0.15) is 23.5 Å². The maximum absolute atomic E-state index is 3.36. The van der Waals surface area contributed by atoms with Gasteiger partial charge in [0.25, 0.3) is 0 Å². The first-order valence-electron chi connectivity index (χ1n) is 6.95. The van der Waals surface area contributed by atoms with E-state index < -0.39 is 0 Å². The molecule has 102 valence electrons. The molecule has 2 rings (SSSR count). The number of benzene rings is 2. The van der Waals surface area contributed by atoms with E-state index in [1.165, 1.54) is 11.1 Å². The molecule has 0 aliphatic carbocycles. The molecule has 0 aliphatic heterocycles.